The van der Waals surface area contributed by atoms with E-state index in [0.29, 0.717) is 68.4 Å². The van der Waals surface area contributed by atoms with Crippen LogP contribution < -0.4 is 23.7 Å². The lowest BCUT2D eigenvalue weighted by Crippen LogP contribution is -2.43. The molecule has 0 aliphatic heterocycles. The molecule has 12 nitrogen and oxygen atoms in total. The van der Waals surface area contributed by atoms with Crippen LogP contribution in [-0.4, -0.2) is 94.5 Å². The number of rotatable bonds is 21. The molecule has 0 aliphatic rings. The second-order valence-electron chi connectivity index (χ2n) is 14.9. The molecule has 0 fully saturated rings. The fourth-order valence-electron chi connectivity index (χ4n) is 4.21. The van der Waals surface area contributed by atoms with Crippen LogP contribution in [0.5, 0.6) is 23.3 Å². The summed E-state index contributed by atoms with van der Waals surface area (Å²) in [5.74, 6) is 2.66. The zero-order chi connectivity index (χ0) is 39.5. The van der Waals surface area contributed by atoms with E-state index in [0.717, 1.165) is 29.7 Å². The van der Waals surface area contributed by atoms with Crippen molar-refractivity contribution in [1.82, 2.24) is 14.7 Å². The minimum absolute atomic E-state index is 0.0756. The van der Waals surface area contributed by atoms with Gasteiger partial charge in [0.2, 0.25) is 0 Å². The molecule has 0 saturated carbocycles. The lowest BCUT2D eigenvalue weighted by molar-refractivity contribution is 0.170. The van der Waals surface area contributed by atoms with Crippen LogP contribution in [0.4, 0.5) is 0 Å². The summed E-state index contributed by atoms with van der Waals surface area (Å²) in [6.45, 7) is 22.4. The molecule has 0 aliphatic carbocycles. The Balaban J connectivity index is 0.000000520. The van der Waals surface area contributed by atoms with Gasteiger partial charge < -0.3 is 28.4 Å². The van der Waals surface area contributed by atoms with Gasteiger partial charge in [0, 0.05) is 70.8 Å². The SMILES string of the molecule is COCCCOc1cc(CC(=N[S@@](=O)C(C)(C)C)C(C)C)cnc1OC.COCCCOc1cc(C[C@H](N[S@@](=O)C(C)(C)C)C(C)C)cnc1OC. The van der Waals surface area contributed by atoms with Crippen molar-refractivity contribution < 1.29 is 36.8 Å². The Hall–Kier alpha value is -2.65. The van der Waals surface area contributed by atoms with Crippen molar-refractivity contribution in [3.8, 4) is 23.3 Å². The fourth-order valence-corrected chi connectivity index (χ4v) is 5.96. The molecule has 0 unspecified atom stereocenters. The average Bonchev–Trinajstić information content (AvgIpc) is 3.07. The summed E-state index contributed by atoms with van der Waals surface area (Å²) in [5.41, 5.74) is 2.85. The topological polar surface area (TPSA) is 140 Å². The molecule has 2 heterocycles. The summed E-state index contributed by atoms with van der Waals surface area (Å²) < 4.78 is 64.1. The maximum absolute atomic E-state index is 12.5. The Bertz CT molecular complexity index is 1410. The maximum atomic E-state index is 12.5. The van der Waals surface area contributed by atoms with Crippen LogP contribution in [0.3, 0.4) is 0 Å². The first-order valence-electron chi connectivity index (χ1n) is 17.8. The van der Waals surface area contributed by atoms with Crippen molar-refractivity contribution in [3.63, 3.8) is 0 Å². The number of hydrogen-bond donors (Lipinski definition) is 1. The Labute approximate surface area is 318 Å². The van der Waals surface area contributed by atoms with Crippen LogP contribution in [0.15, 0.2) is 28.9 Å². The van der Waals surface area contributed by atoms with Gasteiger partial charge in [0.15, 0.2) is 11.5 Å². The first kappa shape index (κ1) is 47.4. The third-order valence-electron chi connectivity index (χ3n) is 7.49. The lowest BCUT2D eigenvalue weighted by Gasteiger charge is -2.27. The maximum Gasteiger partial charge on any atom is 0.256 e. The van der Waals surface area contributed by atoms with Gasteiger partial charge in [-0.25, -0.2) is 23.1 Å². The first-order valence-corrected chi connectivity index (χ1v) is 20.1. The predicted octanol–water partition coefficient (Wildman–Crippen LogP) is 6.73. The molecular formula is C38H66N4O8S2. The van der Waals surface area contributed by atoms with Crippen molar-refractivity contribution in [3.05, 3.63) is 35.7 Å². The zero-order valence-electron chi connectivity index (χ0n) is 34.1. The molecule has 1 N–H and O–H groups in total. The number of nitrogens with zero attached hydrogens (tertiary/aromatic N) is 3. The van der Waals surface area contributed by atoms with Gasteiger partial charge in [-0.05, 0) is 83.1 Å². The summed E-state index contributed by atoms with van der Waals surface area (Å²) in [7, 11) is 4.08. The third kappa shape index (κ3) is 17.9. The Morgan fingerprint density at radius 2 is 1.23 bits per heavy atom. The highest BCUT2D eigenvalue weighted by Gasteiger charge is 2.25. The molecule has 0 bridgehead atoms. The van der Waals surface area contributed by atoms with E-state index in [1.807, 2.05) is 53.7 Å². The minimum Gasteiger partial charge on any atom is -0.488 e. The van der Waals surface area contributed by atoms with Crippen LogP contribution >= 0.6 is 0 Å². The molecule has 0 spiro atoms. The average molecular weight is 771 g/mol. The fraction of sp³-hybridized carbons (Fsp3) is 0.711. The lowest BCUT2D eigenvalue weighted by atomic mass is 9.98. The molecule has 0 saturated heterocycles. The molecule has 0 amide bonds. The highest BCUT2D eigenvalue weighted by Crippen LogP contribution is 2.28. The summed E-state index contributed by atoms with van der Waals surface area (Å²) in [5, 5.41) is 0. The summed E-state index contributed by atoms with van der Waals surface area (Å²) in [6, 6.07) is 3.94. The largest absolute Gasteiger partial charge is 0.488 e. The van der Waals surface area contributed by atoms with E-state index in [4.69, 9.17) is 28.4 Å². The van der Waals surface area contributed by atoms with Crippen LogP contribution in [0.2, 0.25) is 0 Å². The summed E-state index contributed by atoms with van der Waals surface area (Å²) >= 11 is 0. The second kappa shape index (κ2) is 23.9. The normalized spacial score (nSPS) is 14.0. The van der Waals surface area contributed by atoms with Crippen LogP contribution in [0.25, 0.3) is 0 Å². The van der Waals surface area contributed by atoms with E-state index in [9.17, 15) is 8.42 Å². The van der Waals surface area contributed by atoms with Gasteiger partial charge in [-0.2, -0.15) is 4.40 Å². The van der Waals surface area contributed by atoms with Gasteiger partial charge in [-0.15, -0.1) is 0 Å². The highest BCUT2D eigenvalue weighted by atomic mass is 32.2. The molecular weight excluding hydrogens is 705 g/mol. The Morgan fingerprint density at radius 1 is 0.750 bits per heavy atom. The number of ether oxygens (including phenoxy) is 6. The highest BCUT2D eigenvalue weighted by molar-refractivity contribution is 7.85. The molecule has 14 heteroatoms. The molecule has 0 aromatic carbocycles. The summed E-state index contributed by atoms with van der Waals surface area (Å²) in [6.07, 6.45) is 6.41. The van der Waals surface area contributed by atoms with Gasteiger partial charge in [0.05, 0.1) is 47.9 Å². The molecule has 52 heavy (non-hydrogen) atoms. The molecule has 2 aromatic heterocycles. The quantitative estimate of drug-likeness (QED) is 0.107. The number of aromatic nitrogens is 2. The van der Waals surface area contributed by atoms with Crippen LogP contribution in [0.1, 0.15) is 93.2 Å². The van der Waals surface area contributed by atoms with E-state index >= 15 is 0 Å². The Kier molecular flexibility index (Phi) is 21.8. The van der Waals surface area contributed by atoms with Crippen molar-refractivity contribution in [1.29, 1.82) is 0 Å². The summed E-state index contributed by atoms with van der Waals surface area (Å²) in [4.78, 5) is 8.68. The van der Waals surface area contributed by atoms with E-state index < -0.39 is 22.0 Å². The third-order valence-corrected chi connectivity index (χ3v) is 10.6. The number of hydrogen-bond acceptors (Lipinski definition) is 10. The molecule has 3 atom stereocenters. The monoisotopic (exact) mass is 770 g/mol. The van der Waals surface area contributed by atoms with E-state index in [-0.39, 0.29) is 21.5 Å². The zero-order valence-corrected chi connectivity index (χ0v) is 35.8. The smallest absolute Gasteiger partial charge is 0.256 e. The molecule has 2 aromatic rings. The number of pyridine rings is 2. The van der Waals surface area contributed by atoms with Gasteiger partial charge in [-0.3, -0.25) is 0 Å². The predicted molar refractivity (Wildman–Crippen MR) is 213 cm³/mol. The Morgan fingerprint density at radius 3 is 1.63 bits per heavy atom. The van der Waals surface area contributed by atoms with Gasteiger partial charge >= 0.3 is 0 Å². The van der Waals surface area contributed by atoms with Gasteiger partial charge in [0.1, 0.15) is 11.0 Å². The van der Waals surface area contributed by atoms with Crippen molar-refractivity contribution >= 4 is 27.7 Å². The van der Waals surface area contributed by atoms with Crippen LogP contribution in [-0.2, 0) is 44.3 Å². The first-order chi connectivity index (χ1) is 24.4. The van der Waals surface area contributed by atoms with Crippen molar-refractivity contribution in [2.75, 3.05) is 54.9 Å². The molecule has 298 valence electrons. The van der Waals surface area contributed by atoms with Crippen molar-refractivity contribution in [2.45, 2.75) is 110 Å². The van der Waals surface area contributed by atoms with E-state index in [1.54, 1.807) is 40.8 Å². The van der Waals surface area contributed by atoms with Crippen molar-refractivity contribution in [2.24, 2.45) is 16.2 Å². The van der Waals surface area contributed by atoms with E-state index in [1.165, 1.54) is 0 Å². The molecule has 2 rings (SSSR count). The van der Waals surface area contributed by atoms with Gasteiger partial charge in [-0.1, -0.05) is 27.7 Å². The van der Waals surface area contributed by atoms with E-state index in [2.05, 4.69) is 46.8 Å². The molecule has 0 radical (unpaired) electrons. The number of methoxy groups -OCH3 is 4. The number of nitrogens with one attached hydrogen (secondary N) is 1. The second-order valence-corrected chi connectivity index (χ2v) is 18.8. The van der Waals surface area contributed by atoms with Crippen LogP contribution in [0, 0.1) is 11.8 Å². The minimum atomic E-state index is -1.28. The van der Waals surface area contributed by atoms with Gasteiger partial charge in [0.25, 0.3) is 11.8 Å². The standard InChI is InChI=1S/C19H34N2O4S.C19H32N2O4S/c2*1-14(2)16(21-26(22)19(3,4)5)11-15-12-17(18(24-7)20-13-15)25-10-8-9-23-6/h12-14,16,21H,8-11H2,1-7H3;12-14H,8-11H2,1-7H3/t16-,26-;26-/m00/s1.